The molecule has 0 heterocycles. The molecule has 0 unspecified atom stereocenters. The van der Waals surface area contributed by atoms with E-state index in [1.54, 1.807) is 27.4 Å². The second-order valence-corrected chi connectivity index (χ2v) is 4.29. The predicted octanol–water partition coefficient (Wildman–Crippen LogP) is 2.40. The van der Waals surface area contributed by atoms with Crippen molar-refractivity contribution >= 4 is 15.9 Å². The van der Waals surface area contributed by atoms with Crippen LogP contribution in [-0.4, -0.2) is 33.0 Å². The molecule has 0 aliphatic rings. The molecule has 5 heteroatoms. The van der Waals surface area contributed by atoms with Gasteiger partial charge in [0.2, 0.25) is 0 Å². The molecule has 0 bridgehead atoms. The molecule has 1 N–H and O–H groups in total. The van der Waals surface area contributed by atoms with Gasteiger partial charge in [-0.1, -0.05) is 0 Å². The fourth-order valence-corrected chi connectivity index (χ4v) is 2.33. The highest BCUT2D eigenvalue weighted by molar-refractivity contribution is 9.10. The average molecular weight is 305 g/mol. The molecule has 0 aliphatic carbocycles. The third-order valence-corrected chi connectivity index (χ3v) is 3.05. The van der Waals surface area contributed by atoms with Gasteiger partial charge in [-0.25, -0.2) is 0 Å². The monoisotopic (exact) mass is 304 g/mol. The van der Waals surface area contributed by atoms with E-state index in [0.717, 1.165) is 15.8 Å². The maximum absolute atomic E-state index is 8.93. The molecule has 1 aromatic rings. The molecule has 96 valence electrons. The van der Waals surface area contributed by atoms with Crippen LogP contribution in [0, 0.1) is 0 Å². The predicted molar refractivity (Wildman–Crippen MR) is 69.2 cm³/mol. The molecule has 0 aromatic heterocycles. The maximum atomic E-state index is 8.93. The van der Waals surface area contributed by atoms with Crippen molar-refractivity contribution in [3.63, 3.8) is 0 Å². The molecule has 0 spiro atoms. The molecule has 4 nitrogen and oxygen atoms in total. The molecular formula is C12H17BrO4. The summed E-state index contributed by atoms with van der Waals surface area (Å²) in [5.74, 6) is 2.02. The fourth-order valence-electron chi connectivity index (χ4n) is 1.72. The van der Waals surface area contributed by atoms with Gasteiger partial charge in [0.05, 0.1) is 25.8 Å². The van der Waals surface area contributed by atoms with Gasteiger partial charge in [-0.3, -0.25) is 0 Å². The summed E-state index contributed by atoms with van der Waals surface area (Å²) >= 11 is 3.43. The van der Waals surface area contributed by atoms with Crippen molar-refractivity contribution < 1.29 is 19.3 Å². The van der Waals surface area contributed by atoms with Crippen molar-refractivity contribution in [2.75, 3.05) is 27.9 Å². The minimum absolute atomic E-state index is 0.126. The van der Waals surface area contributed by atoms with Crippen molar-refractivity contribution in [3.8, 4) is 17.2 Å². The van der Waals surface area contributed by atoms with Crippen LogP contribution in [0.3, 0.4) is 0 Å². The summed E-state index contributed by atoms with van der Waals surface area (Å²) in [6, 6.07) is 1.81. The SMILES string of the molecule is COc1cc(Br)c(OC)c(CCCO)c1OC. The minimum atomic E-state index is 0.126. The Morgan fingerprint density at radius 3 is 2.24 bits per heavy atom. The van der Waals surface area contributed by atoms with Gasteiger partial charge in [-0.05, 0) is 28.8 Å². The Bertz CT molecular complexity index is 379. The Balaban J connectivity index is 3.30. The first-order valence-corrected chi connectivity index (χ1v) is 6.07. The van der Waals surface area contributed by atoms with E-state index >= 15 is 0 Å². The van der Waals surface area contributed by atoms with Crippen molar-refractivity contribution in [1.29, 1.82) is 0 Å². The number of aliphatic hydroxyl groups excluding tert-OH is 1. The highest BCUT2D eigenvalue weighted by atomic mass is 79.9. The summed E-state index contributed by atoms with van der Waals surface area (Å²) < 4.78 is 16.8. The fraction of sp³-hybridized carbons (Fsp3) is 0.500. The second kappa shape index (κ2) is 6.71. The van der Waals surface area contributed by atoms with E-state index < -0.39 is 0 Å². The van der Waals surface area contributed by atoms with Crippen LogP contribution in [0.15, 0.2) is 10.5 Å². The van der Waals surface area contributed by atoms with E-state index in [1.165, 1.54) is 0 Å². The van der Waals surface area contributed by atoms with Gasteiger partial charge >= 0.3 is 0 Å². The minimum Gasteiger partial charge on any atom is -0.495 e. The van der Waals surface area contributed by atoms with Crippen LogP contribution in [0.2, 0.25) is 0 Å². The van der Waals surface area contributed by atoms with Crippen molar-refractivity contribution in [3.05, 3.63) is 16.1 Å². The van der Waals surface area contributed by atoms with Gasteiger partial charge in [0, 0.05) is 18.2 Å². The van der Waals surface area contributed by atoms with Crippen LogP contribution in [0.4, 0.5) is 0 Å². The van der Waals surface area contributed by atoms with Gasteiger partial charge < -0.3 is 19.3 Å². The zero-order valence-corrected chi connectivity index (χ0v) is 11.8. The Hall–Kier alpha value is -0.940. The molecule has 0 saturated heterocycles. The number of ether oxygens (including phenoxy) is 3. The summed E-state index contributed by atoms with van der Waals surface area (Å²) in [4.78, 5) is 0. The van der Waals surface area contributed by atoms with E-state index in [2.05, 4.69) is 15.9 Å². The highest BCUT2D eigenvalue weighted by Gasteiger charge is 2.18. The third-order valence-electron chi connectivity index (χ3n) is 2.46. The first-order valence-electron chi connectivity index (χ1n) is 5.27. The molecule has 0 radical (unpaired) electrons. The number of methoxy groups -OCH3 is 3. The first kappa shape index (κ1) is 14.1. The second-order valence-electron chi connectivity index (χ2n) is 3.43. The Morgan fingerprint density at radius 1 is 1.12 bits per heavy atom. The Morgan fingerprint density at radius 2 is 1.76 bits per heavy atom. The summed E-state index contributed by atoms with van der Waals surface area (Å²) in [6.45, 7) is 0.126. The summed E-state index contributed by atoms with van der Waals surface area (Å²) in [6.07, 6.45) is 1.31. The number of halogens is 1. The van der Waals surface area contributed by atoms with Gasteiger partial charge in [-0.15, -0.1) is 0 Å². The van der Waals surface area contributed by atoms with Gasteiger partial charge in [0.25, 0.3) is 0 Å². The molecule has 1 aromatic carbocycles. The molecule has 0 saturated carbocycles. The Kier molecular flexibility index (Phi) is 5.58. The lowest BCUT2D eigenvalue weighted by molar-refractivity contribution is 0.285. The number of rotatable bonds is 6. The average Bonchev–Trinajstić information content (AvgIpc) is 2.35. The zero-order chi connectivity index (χ0) is 12.8. The van der Waals surface area contributed by atoms with Crippen molar-refractivity contribution in [2.45, 2.75) is 12.8 Å². The largest absolute Gasteiger partial charge is 0.495 e. The van der Waals surface area contributed by atoms with Crippen LogP contribution in [0.25, 0.3) is 0 Å². The maximum Gasteiger partial charge on any atom is 0.167 e. The van der Waals surface area contributed by atoms with E-state index in [1.807, 2.05) is 0 Å². The third kappa shape index (κ3) is 3.04. The molecule has 1 rings (SSSR count). The van der Waals surface area contributed by atoms with Crippen LogP contribution in [-0.2, 0) is 6.42 Å². The quantitative estimate of drug-likeness (QED) is 0.877. The normalized spacial score (nSPS) is 10.2. The number of benzene rings is 1. The van der Waals surface area contributed by atoms with Gasteiger partial charge in [0.15, 0.2) is 11.5 Å². The van der Waals surface area contributed by atoms with Crippen molar-refractivity contribution in [1.82, 2.24) is 0 Å². The molecular weight excluding hydrogens is 288 g/mol. The van der Waals surface area contributed by atoms with Crippen molar-refractivity contribution in [2.24, 2.45) is 0 Å². The van der Waals surface area contributed by atoms with Crippen LogP contribution in [0.1, 0.15) is 12.0 Å². The standard InChI is InChI=1S/C12H17BrO4/c1-15-10-7-9(13)11(16-2)8(5-4-6-14)12(10)17-3/h7,14H,4-6H2,1-3H3. The lowest BCUT2D eigenvalue weighted by Gasteiger charge is -2.17. The van der Waals surface area contributed by atoms with Crippen LogP contribution in [0.5, 0.6) is 17.2 Å². The lowest BCUT2D eigenvalue weighted by Crippen LogP contribution is -2.01. The van der Waals surface area contributed by atoms with Crippen LogP contribution >= 0.6 is 15.9 Å². The zero-order valence-electron chi connectivity index (χ0n) is 10.2. The molecule has 0 aliphatic heterocycles. The van der Waals surface area contributed by atoms with E-state index in [0.29, 0.717) is 24.3 Å². The summed E-state index contributed by atoms with van der Waals surface area (Å²) in [5.41, 5.74) is 0.898. The summed E-state index contributed by atoms with van der Waals surface area (Å²) in [5, 5.41) is 8.93. The van der Waals surface area contributed by atoms with E-state index in [4.69, 9.17) is 19.3 Å². The van der Waals surface area contributed by atoms with Crippen LogP contribution < -0.4 is 14.2 Å². The Labute approximate surface area is 110 Å². The smallest absolute Gasteiger partial charge is 0.167 e. The molecule has 0 amide bonds. The topological polar surface area (TPSA) is 47.9 Å². The number of aliphatic hydroxyl groups is 1. The number of hydrogen-bond acceptors (Lipinski definition) is 4. The van der Waals surface area contributed by atoms with E-state index in [9.17, 15) is 0 Å². The first-order chi connectivity index (χ1) is 8.19. The van der Waals surface area contributed by atoms with Gasteiger partial charge in [-0.2, -0.15) is 0 Å². The number of hydrogen-bond donors (Lipinski definition) is 1. The molecule has 0 atom stereocenters. The van der Waals surface area contributed by atoms with Gasteiger partial charge in [0.1, 0.15) is 5.75 Å². The lowest BCUT2D eigenvalue weighted by atomic mass is 10.1. The van der Waals surface area contributed by atoms with E-state index in [-0.39, 0.29) is 6.61 Å². The highest BCUT2D eigenvalue weighted by Crippen LogP contribution is 2.43. The summed E-state index contributed by atoms with van der Waals surface area (Å²) in [7, 11) is 4.79. The molecule has 0 fully saturated rings. The molecule has 17 heavy (non-hydrogen) atoms.